The van der Waals surface area contributed by atoms with Crippen molar-refractivity contribution in [3.63, 3.8) is 0 Å². The number of hydrogen-bond acceptors (Lipinski definition) is 3. The van der Waals surface area contributed by atoms with Crippen LogP contribution < -0.4 is 10.6 Å². The topological polar surface area (TPSA) is 67.4 Å². The molecular formula is C16H23ClN2O3. The fraction of sp³-hybridized carbons (Fsp3) is 0.500. The third kappa shape index (κ3) is 5.93. The lowest BCUT2D eigenvalue weighted by atomic mass is 10.0. The molecule has 1 aromatic carbocycles. The van der Waals surface area contributed by atoms with Gasteiger partial charge in [0.2, 0.25) is 5.91 Å². The van der Waals surface area contributed by atoms with Crippen LogP contribution in [0.4, 0.5) is 4.79 Å². The van der Waals surface area contributed by atoms with E-state index in [4.69, 9.17) is 16.3 Å². The summed E-state index contributed by atoms with van der Waals surface area (Å²) < 4.78 is 5.01. The van der Waals surface area contributed by atoms with Crippen molar-refractivity contribution in [2.45, 2.75) is 46.4 Å². The third-order valence-electron chi connectivity index (χ3n) is 2.98. The Bertz CT molecular complexity index is 518. The second-order valence-corrected chi connectivity index (χ2v) is 6.04. The first-order chi connectivity index (χ1) is 10.3. The zero-order valence-corrected chi connectivity index (χ0v) is 14.1. The standard InChI is InChI=1S/C16H23ClN2O3/c1-10(2)14(19-16(21)22-11(3)4)15(20)18-9-12-7-5-6-8-13(12)17/h5-8,10-11,14H,9H2,1-4H3,(H,18,20)(H,19,21). The Kier molecular flexibility index (Phi) is 7.18. The fourth-order valence-corrected chi connectivity index (χ4v) is 2.05. The second kappa shape index (κ2) is 8.63. The summed E-state index contributed by atoms with van der Waals surface area (Å²) in [6.45, 7) is 7.52. The van der Waals surface area contributed by atoms with Gasteiger partial charge in [-0.15, -0.1) is 0 Å². The Labute approximate surface area is 136 Å². The highest BCUT2D eigenvalue weighted by atomic mass is 35.5. The maximum absolute atomic E-state index is 12.3. The number of rotatable bonds is 6. The molecule has 22 heavy (non-hydrogen) atoms. The van der Waals surface area contributed by atoms with E-state index in [1.54, 1.807) is 19.9 Å². The van der Waals surface area contributed by atoms with Crippen LogP contribution in [-0.4, -0.2) is 24.1 Å². The molecule has 5 nitrogen and oxygen atoms in total. The maximum Gasteiger partial charge on any atom is 0.408 e. The van der Waals surface area contributed by atoms with Crippen LogP contribution in [0.15, 0.2) is 24.3 Å². The molecule has 0 aliphatic heterocycles. The lowest BCUT2D eigenvalue weighted by molar-refractivity contribution is -0.124. The molecule has 0 bridgehead atoms. The zero-order valence-electron chi connectivity index (χ0n) is 13.4. The summed E-state index contributed by atoms with van der Waals surface area (Å²) in [4.78, 5) is 23.9. The summed E-state index contributed by atoms with van der Waals surface area (Å²) >= 11 is 6.05. The summed E-state index contributed by atoms with van der Waals surface area (Å²) in [7, 11) is 0. The van der Waals surface area contributed by atoms with Crippen LogP contribution in [0.2, 0.25) is 5.02 Å². The molecule has 1 atom stereocenters. The van der Waals surface area contributed by atoms with Crippen LogP contribution >= 0.6 is 11.6 Å². The molecule has 0 aromatic heterocycles. The predicted molar refractivity (Wildman–Crippen MR) is 86.7 cm³/mol. The molecule has 0 aliphatic carbocycles. The first-order valence-corrected chi connectivity index (χ1v) is 7.67. The van der Waals surface area contributed by atoms with Crippen molar-refractivity contribution in [3.8, 4) is 0 Å². The predicted octanol–water partition coefficient (Wildman–Crippen LogP) is 3.12. The Morgan fingerprint density at radius 1 is 1.18 bits per heavy atom. The summed E-state index contributed by atoms with van der Waals surface area (Å²) in [5, 5.41) is 5.97. The molecule has 1 aromatic rings. The Hall–Kier alpha value is -1.75. The van der Waals surface area contributed by atoms with Gasteiger partial charge in [-0.05, 0) is 31.4 Å². The van der Waals surface area contributed by atoms with Crippen LogP contribution in [0.3, 0.4) is 0 Å². The minimum Gasteiger partial charge on any atom is -0.447 e. The quantitative estimate of drug-likeness (QED) is 0.844. The summed E-state index contributed by atoms with van der Waals surface area (Å²) in [6, 6.07) is 6.63. The van der Waals surface area contributed by atoms with Crippen LogP contribution in [0.25, 0.3) is 0 Å². The monoisotopic (exact) mass is 326 g/mol. The molecule has 0 fully saturated rings. The van der Waals surface area contributed by atoms with Gasteiger partial charge in [-0.2, -0.15) is 0 Å². The number of amides is 2. The van der Waals surface area contributed by atoms with Crippen LogP contribution in [0.1, 0.15) is 33.3 Å². The SMILES string of the molecule is CC(C)OC(=O)NC(C(=O)NCc1ccccc1Cl)C(C)C. The van der Waals surface area contributed by atoms with E-state index in [1.165, 1.54) is 0 Å². The van der Waals surface area contributed by atoms with E-state index >= 15 is 0 Å². The van der Waals surface area contributed by atoms with E-state index in [9.17, 15) is 9.59 Å². The summed E-state index contributed by atoms with van der Waals surface area (Å²) in [5.74, 6) is -0.332. The number of nitrogens with one attached hydrogen (secondary N) is 2. The molecule has 0 spiro atoms. The van der Waals surface area contributed by atoms with Gasteiger partial charge in [0, 0.05) is 11.6 Å². The van der Waals surface area contributed by atoms with Gasteiger partial charge in [-0.25, -0.2) is 4.79 Å². The van der Waals surface area contributed by atoms with Crippen molar-refractivity contribution in [2.75, 3.05) is 0 Å². The van der Waals surface area contributed by atoms with Crippen molar-refractivity contribution in [1.82, 2.24) is 10.6 Å². The number of ether oxygens (including phenoxy) is 1. The van der Waals surface area contributed by atoms with E-state index in [2.05, 4.69) is 10.6 Å². The van der Waals surface area contributed by atoms with Crippen LogP contribution in [-0.2, 0) is 16.1 Å². The molecule has 2 amide bonds. The summed E-state index contributed by atoms with van der Waals surface area (Å²) in [5.41, 5.74) is 0.824. The van der Waals surface area contributed by atoms with Gasteiger partial charge in [0.1, 0.15) is 6.04 Å². The first kappa shape index (κ1) is 18.3. The second-order valence-electron chi connectivity index (χ2n) is 5.63. The molecule has 6 heteroatoms. The van der Waals surface area contributed by atoms with E-state index in [0.717, 1.165) is 5.56 Å². The van der Waals surface area contributed by atoms with Gasteiger partial charge >= 0.3 is 6.09 Å². The molecule has 0 aliphatic rings. The minimum absolute atomic E-state index is 0.0639. The van der Waals surface area contributed by atoms with Gasteiger partial charge < -0.3 is 15.4 Å². The molecule has 122 valence electrons. The largest absolute Gasteiger partial charge is 0.447 e. The third-order valence-corrected chi connectivity index (χ3v) is 3.34. The number of carbonyl (C=O) groups excluding carboxylic acids is 2. The number of carbonyl (C=O) groups is 2. The Morgan fingerprint density at radius 2 is 1.82 bits per heavy atom. The average Bonchev–Trinajstić information content (AvgIpc) is 2.42. The molecule has 0 heterocycles. The Morgan fingerprint density at radius 3 is 2.36 bits per heavy atom. The van der Waals surface area contributed by atoms with Gasteiger partial charge in [-0.3, -0.25) is 4.79 Å². The Balaban J connectivity index is 2.62. The van der Waals surface area contributed by atoms with Crippen LogP contribution in [0.5, 0.6) is 0 Å². The average molecular weight is 327 g/mol. The van der Waals surface area contributed by atoms with E-state index in [1.807, 2.05) is 32.0 Å². The van der Waals surface area contributed by atoms with Crippen molar-refractivity contribution < 1.29 is 14.3 Å². The van der Waals surface area contributed by atoms with Gasteiger partial charge in [0.25, 0.3) is 0 Å². The molecule has 0 saturated carbocycles. The van der Waals surface area contributed by atoms with Crippen LogP contribution in [0, 0.1) is 5.92 Å². The number of alkyl carbamates (subject to hydrolysis) is 1. The lowest BCUT2D eigenvalue weighted by Crippen LogP contribution is -2.50. The number of hydrogen-bond donors (Lipinski definition) is 2. The number of halogens is 1. The first-order valence-electron chi connectivity index (χ1n) is 7.29. The molecule has 0 radical (unpaired) electrons. The molecule has 1 rings (SSSR count). The van der Waals surface area contributed by atoms with Crippen molar-refractivity contribution in [3.05, 3.63) is 34.9 Å². The fourth-order valence-electron chi connectivity index (χ4n) is 1.84. The normalized spacial score (nSPS) is 12.1. The molecular weight excluding hydrogens is 304 g/mol. The van der Waals surface area contributed by atoms with Crippen molar-refractivity contribution in [1.29, 1.82) is 0 Å². The van der Waals surface area contributed by atoms with Gasteiger partial charge in [-0.1, -0.05) is 43.6 Å². The summed E-state index contributed by atoms with van der Waals surface area (Å²) in [6.07, 6.45) is -0.833. The van der Waals surface area contributed by atoms with Crippen molar-refractivity contribution in [2.24, 2.45) is 5.92 Å². The highest BCUT2D eigenvalue weighted by molar-refractivity contribution is 6.31. The van der Waals surface area contributed by atoms with E-state index in [-0.39, 0.29) is 17.9 Å². The minimum atomic E-state index is -0.659. The highest BCUT2D eigenvalue weighted by Gasteiger charge is 2.25. The smallest absolute Gasteiger partial charge is 0.408 e. The molecule has 1 unspecified atom stereocenters. The number of benzene rings is 1. The highest BCUT2D eigenvalue weighted by Crippen LogP contribution is 2.14. The van der Waals surface area contributed by atoms with Gasteiger partial charge in [0.05, 0.1) is 6.10 Å². The van der Waals surface area contributed by atoms with Crippen molar-refractivity contribution >= 4 is 23.6 Å². The zero-order chi connectivity index (χ0) is 16.7. The maximum atomic E-state index is 12.3. The molecule has 0 saturated heterocycles. The molecule has 2 N–H and O–H groups in total. The van der Waals surface area contributed by atoms with Gasteiger partial charge in [0.15, 0.2) is 0 Å². The van der Waals surface area contributed by atoms with E-state index < -0.39 is 12.1 Å². The van der Waals surface area contributed by atoms with E-state index in [0.29, 0.717) is 11.6 Å². The lowest BCUT2D eigenvalue weighted by Gasteiger charge is -2.22.